The summed E-state index contributed by atoms with van der Waals surface area (Å²) in [5.41, 5.74) is 1.78. The summed E-state index contributed by atoms with van der Waals surface area (Å²) in [6.45, 7) is 10.5. The molecule has 1 aromatic rings. The number of halogens is 1. The van der Waals surface area contributed by atoms with Crippen molar-refractivity contribution in [2.24, 2.45) is 5.92 Å². The molecular weight excluding hydrogens is 263 g/mol. The van der Waals surface area contributed by atoms with Crippen molar-refractivity contribution in [2.75, 3.05) is 18.0 Å². The van der Waals surface area contributed by atoms with Gasteiger partial charge in [0.2, 0.25) is 0 Å². The normalized spacial score (nSPS) is 16.3. The largest absolute Gasteiger partial charge is 0.366 e. The molecule has 0 bridgehead atoms. The van der Waals surface area contributed by atoms with Crippen LogP contribution in [0.4, 0.5) is 10.1 Å². The van der Waals surface area contributed by atoms with Crippen molar-refractivity contribution in [2.45, 2.75) is 59.0 Å². The van der Waals surface area contributed by atoms with E-state index in [1.807, 2.05) is 6.07 Å². The fraction of sp³-hybridized carbons (Fsp3) is 0.667. The molecule has 2 nitrogen and oxygen atoms in total. The molecule has 0 saturated heterocycles. The van der Waals surface area contributed by atoms with Gasteiger partial charge >= 0.3 is 0 Å². The monoisotopic (exact) mass is 292 g/mol. The minimum absolute atomic E-state index is 0.0907. The molecule has 1 atom stereocenters. The Kier molecular flexibility index (Phi) is 5.63. The Balaban J connectivity index is 2.12. The van der Waals surface area contributed by atoms with Gasteiger partial charge in [-0.25, -0.2) is 4.39 Å². The van der Waals surface area contributed by atoms with E-state index < -0.39 is 0 Å². The molecule has 118 valence electrons. The zero-order valence-corrected chi connectivity index (χ0v) is 13.8. The highest BCUT2D eigenvalue weighted by atomic mass is 19.1. The zero-order valence-electron chi connectivity index (χ0n) is 13.8. The van der Waals surface area contributed by atoms with E-state index in [1.165, 1.54) is 12.8 Å². The van der Waals surface area contributed by atoms with Gasteiger partial charge in [-0.05, 0) is 70.2 Å². The van der Waals surface area contributed by atoms with E-state index in [4.69, 9.17) is 0 Å². The third-order valence-corrected chi connectivity index (χ3v) is 4.26. The smallest absolute Gasteiger partial charge is 0.146 e. The average molecular weight is 292 g/mol. The van der Waals surface area contributed by atoms with Crippen LogP contribution >= 0.6 is 0 Å². The summed E-state index contributed by atoms with van der Waals surface area (Å²) in [4.78, 5) is 2.21. The fourth-order valence-electron chi connectivity index (χ4n) is 2.67. The first-order chi connectivity index (χ1) is 10.0. The summed E-state index contributed by atoms with van der Waals surface area (Å²) < 4.78 is 14.5. The van der Waals surface area contributed by atoms with Gasteiger partial charge in [0.15, 0.2) is 0 Å². The molecular formula is C18H29FN2. The van der Waals surface area contributed by atoms with Gasteiger partial charge < -0.3 is 10.2 Å². The second-order valence-corrected chi connectivity index (χ2v) is 6.58. The molecule has 1 aliphatic rings. The first-order valence-corrected chi connectivity index (χ1v) is 8.32. The van der Waals surface area contributed by atoms with Crippen molar-refractivity contribution in [1.82, 2.24) is 5.32 Å². The van der Waals surface area contributed by atoms with Crippen molar-refractivity contribution >= 4 is 5.69 Å². The molecule has 0 aromatic heterocycles. The summed E-state index contributed by atoms with van der Waals surface area (Å²) in [6, 6.07) is 6.25. The maximum atomic E-state index is 14.5. The molecule has 0 aliphatic heterocycles. The molecule has 1 aromatic carbocycles. The molecule has 0 spiro atoms. The third kappa shape index (κ3) is 4.44. The van der Waals surface area contributed by atoms with E-state index in [9.17, 15) is 4.39 Å². The number of hydrogen-bond donors (Lipinski definition) is 1. The fourth-order valence-corrected chi connectivity index (χ4v) is 2.67. The molecule has 1 aliphatic carbocycles. The first kappa shape index (κ1) is 16.3. The first-order valence-electron chi connectivity index (χ1n) is 8.32. The van der Waals surface area contributed by atoms with Gasteiger partial charge in [-0.2, -0.15) is 0 Å². The molecule has 3 heteroatoms. The van der Waals surface area contributed by atoms with Crippen LogP contribution in [0, 0.1) is 11.7 Å². The molecule has 1 unspecified atom stereocenters. The number of nitrogens with one attached hydrogen (secondary N) is 1. The lowest BCUT2D eigenvalue weighted by atomic mass is 10.1. The Morgan fingerprint density at radius 2 is 2.00 bits per heavy atom. The van der Waals surface area contributed by atoms with Crippen molar-refractivity contribution in [1.29, 1.82) is 0 Å². The van der Waals surface area contributed by atoms with Crippen molar-refractivity contribution < 1.29 is 4.39 Å². The van der Waals surface area contributed by atoms with Gasteiger partial charge in [-0.15, -0.1) is 0 Å². The predicted octanol–water partition coefficient (Wildman–Crippen LogP) is 4.51. The topological polar surface area (TPSA) is 15.3 Å². The van der Waals surface area contributed by atoms with Gasteiger partial charge in [0.25, 0.3) is 0 Å². The molecule has 0 heterocycles. The highest BCUT2D eigenvalue weighted by Crippen LogP contribution is 2.33. The maximum Gasteiger partial charge on any atom is 0.146 e. The third-order valence-electron chi connectivity index (χ3n) is 4.26. The number of hydrogen-bond acceptors (Lipinski definition) is 2. The van der Waals surface area contributed by atoms with Gasteiger partial charge in [0.05, 0.1) is 5.69 Å². The summed E-state index contributed by atoms with van der Waals surface area (Å²) in [6.07, 6.45) is 3.68. The Morgan fingerprint density at radius 1 is 1.29 bits per heavy atom. The lowest BCUT2D eigenvalue weighted by Crippen LogP contribution is -2.33. The molecule has 1 fully saturated rings. The molecule has 0 radical (unpaired) electrons. The summed E-state index contributed by atoms with van der Waals surface area (Å²) in [7, 11) is 0. The van der Waals surface area contributed by atoms with Crippen molar-refractivity contribution in [3.8, 4) is 0 Å². The number of nitrogens with zero attached hydrogens (tertiary/aromatic N) is 1. The van der Waals surface area contributed by atoms with Crippen LogP contribution < -0.4 is 10.2 Å². The highest BCUT2D eigenvalue weighted by molar-refractivity contribution is 5.50. The number of benzene rings is 1. The highest BCUT2D eigenvalue weighted by Gasteiger charge is 2.27. The minimum atomic E-state index is -0.0907. The summed E-state index contributed by atoms with van der Waals surface area (Å²) in [5.74, 6) is 0.670. The second kappa shape index (κ2) is 7.26. The van der Waals surface area contributed by atoms with Gasteiger partial charge in [-0.3, -0.25) is 0 Å². The predicted molar refractivity (Wildman–Crippen MR) is 88.3 cm³/mol. The molecule has 0 amide bonds. The molecule has 1 N–H and O–H groups in total. The van der Waals surface area contributed by atoms with Crippen LogP contribution in [0.25, 0.3) is 0 Å². The molecule has 21 heavy (non-hydrogen) atoms. The van der Waals surface area contributed by atoms with Crippen LogP contribution in [0.15, 0.2) is 18.2 Å². The van der Waals surface area contributed by atoms with Crippen LogP contribution in [0.5, 0.6) is 0 Å². The van der Waals surface area contributed by atoms with E-state index in [2.05, 4.69) is 44.0 Å². The molecule has 1 saturated carbocycles. The van der Waals surface area contributed by atoms with Crippen LogP contribution in [0.1, 0.15) is 58.6 Å². The number of rotatable bonds is 8. The van der Waals surface area contributed by atoms with E-state index in [0.717, 1.165) is 36.7 Å². The Morgan fingerprint density at radius 3 is 2.52 bits per heavy atom. The van der Waals surface area contributed by atoms with E-state index >= 15 is 0 Å². The van der Waals surface area contributed by atoms with Crippen LogP contribution in [-0.4, -0.2) is 19.1 Å². The van der Waals surface area contributed by atoms with E-state index in [1.54, 1.807) is 6.07 Å². The minimum Gasteiger partial charge on any atom is -0.366 e. The van der Waals surface area contributed by atoms with Gasteiger partial charge in [0, 0.05) is 18.6 Å². The lowest BCUT2D eigenvalue weighted by Gasteiger charge is -2.30. The number of anilines is 1. The quantitative estimate of drug-likeness (QED) is 0.758. The van der Waals surface area contributed by atoms with E-state index in [-0.39, 0.29) is 11.9 Å². The SMILES string of the molecule is CCCNC(C)c1ccc(N(CC2CC2)C(C)C)c(F)c1. The van der Waals surface area contributed by atoms with Crippen molar-refractivity contribution in [3.05, 3.63) is 29.6 Å². The second-order valence-electron chi connectivity index (χ2n) is 6.58. The summed E-state index contributed by atoms with van der Waals surface area (Å²) in [5, 5.41) is 3.41. The standard InChI is InChI=1S/C18H29FN2/c1-5-10-20-14(4)16-8-9-18(17(19)11-16)21(13(2)3)12-15-6-7-15/h8-9,11,13-15,20H,5-7,10,12H2,1-4H3. The van der Waals surface area contributed by atoms with E-state index in [0.29, 0.717) is 6.04 Å². The summed E-state index contributed by atoms with van der Waals surface area (Å²) >= 11 is 0. The zero-order chi connectivity index (χ0) is 15.4. The van der Waals surface area contributed by atoms with Crippen LogP contribution in [0.2, 0.25) is 0 Å². The van der Waals surface area contributed by atoms with Gasteiger partial charge in [0.1, 0.15) is 5.82 Å². The Labute approximate surface area is 128 Å². The van der Waals surface area contributed by atoms with Crippen LogP contribution in [0.3, 0.4) is 0 Å². The lowest BCUT2D eigenvalue weighted by molar-refractivity contribution is 0.557. The van der Waals surface area contributed by atoms with Crippen molar-refractivity contribution in [3.63, 3.8) is 0 Å². The Bertz CT molecular complexity index is 455. The van der Waals surface area contributed by atoms with Gasteiger partial charge in [-0.1, -0.05) is 13.0 Å². The average Bonchev–Trinajstić information content (AvgIpc) is 3.26. The maximum absolute atomic E-state index is 14.5. The molecule has 2 rings (SSSR count). The van der Waals surface area contributed by atoms with Crippen LogP contribution in [-0.2, 0) is 0 Å². The Hall–Kier alpha value is -1.09.